The molecule has 3 heteroatoms. The van der Waals surface area contributed by atoms with Crippen LogP contribution >= 0.6 is 0 Å². The Bertz CT molecular complexity index is 588. The number of aliphatic hydroxyl groups is 1. The summed E-state index contributed by atoms with van der Waals surface area (Å²) in [4.78, 5) is 0. The van der Waals surface area contributed by atoms with E-state index in [9.17, 15) is 5.11 Å². The monoisotopic (exact) mass is 328 g/mol. The normalized spacial score (nSPS) is 37.5. The minimum Gasteiger partial charge on any atom is -0.486 e. The van der Waals surface area contributed by atoms with E-state index in [4.69, 9.17) is 9.47 Å². The number of ether oxygens (including phenoxy) is 2. The zero-order valence-corrected chi connectivity index (χ0v) is 14.4. The molecular weight excluding hydrogens is 300 g/mol. The molecule has 0 spiro atoms. The minimum atomic E-state index is -0.140. The number of hydrogen-bond donors (Lipinski definition) is 1. The van der Waals surface area contributed by atoms with Crippen LogP contribution in [0.25, 0.3) is 0 Å². The maximum atomic E-state index is 11.1. The molecule has 130 valence electrons. The Balaban J connectivity index is 1.27. The molecule has 4 saturated carbocycles. The summed E-state index contributed by atoms with van der Waals surface area (Å²) in [6.07, 6.45) is 9.82. The third kappa shape index (κ3) is 2.52. The van der Waals surface area contributed by atoms with Crippen molar-refractivity contribution >= 4 is 0 Å². The number of hydrogen-bond acceptors (Lipinski definition) is 3. The van der Waals surface area contributed by atoms with E-state index in [0.29, 0.717) is 13.2 Å². The van der Waals surface area contributed by atoms with Crippen molar-refractivity contribution < 1.29 is 14.6 Å². The molecule has 1 N–H and O–H groups in total. The van der Waals surface area contributed by atoms with Crippen LogP contribution in [0.2, 0.25) is 0 Å². The van der Waals surface area contributed by atoms with E-state index in [0.717, 1.165) is 42.1 Å². The Kier molecular flexibility index (Phi) is 3.55. The van der Waals surface area contributed by atoms with Crippen molar-refractivity contribution in [1.82, 2.24) is 0 Å². The second kappa shape index (κ2) is 5.66. The van der Waals surface area contributed by atoms with Gasteiger partial charge in [-0.1, -0.05) is 6.07 Å². The first kappa shape index (κ1) is 15.1. The molecule has 1 heterocycles. The molecule has 3 nitrogen and oxygen atoms in total. The summed E-state index contributed by atoms with van der Waals surface area (Å²) in [7, 11) is 0. The van der Waals surface area contributed by atoms with Crippen LogP contribution in [-0.2, 0) is 6.42 Å². The highest BCUT2D eigenvalue weighted by molar-refractivity contribution is 5.43. The number of fused-ring (bicyclic) bond motifs is 1. The van der Waals surface area contributed by atoms with Gasteiger partial charge in [-0.3, -0.25) is 0 Å². The Morgan fingerprint density at radius 2 is 1.58 bits per heavy atom. The lowest BCUT2D eigenvalue weighted by molar-refractivity contribution is -0.121. The standard InChI is InChI=1S/C21H28O3/c22-20(21-11-15-7-16(12-21)9-17(8-15)13-21)4-2-14-1-3-18-19(10-14)24-6-5-23-18/h1,3,10,15-17,20,22H,2,4-9,11-13H2/t15?,16?,17?,20-,21?/m1/s1. The zero-order chi connectivity index (χ0) is 16.1. The molecule has 0 aromatic heterocycles. The maximum absolute atomic E-state index is 11.1. The number of aliphatic hydroxyl groups excluding tert-OH is 1. The minimum absolute atomic E-state index is 0.140. The first-order valence-corrected chi connectivity index (χ1v) is 9.77. The molecule has 1 aromatic rings. The lowest BCUT2D eigenvalue weighted by Gasteiger charge is -2.58. The van der Waals surface area contributed by atoms with Crippen molar-refractivity contribution in [3.8, 4) is 11.5 Å². The van der Waals surface area contributed by atoms with Crippen LogP contribution < -0.4 is 9.47 Å². The van der Waals surface area contributed by atoms with Gasteiger partial charge in [-0.05, 0) is 92.2 Å². The first-order valence-electron chi connectivity index (χ1n) is 9.77. The van der Waals surface area contributed by atoms with Crippen LogP contribution in [0.1, 0.15) is 50.5 Å². The van der Waals surface area contributed by atoms with Gasteiger partial charge in [-0.2, -0.15) is 0 Å². The predicted molar refractivity (Wildman–Crippen MR) is 92.4 cm³/mol. The average Bonchev–Trinajstić information content (AvgIpc) is 2.58. The third-order valence-electron chi connectivity index (χ3n) is 7.11. The van der Waals surface area contributed by atoms with Crippen LogP contribution in [0.4, 0.5) is 0 Å². The van der Waals surface area contributed by atoms with Gasteiger partial charge in [0.15, 0.2) is 11.5 Å². The van der Waals surface area contributed by atoms with Gasteiger partial charge in [0.2, 0.25) is 0 Å². The topological polar surface area (TPSA) is 38.7 Å². The molecular formula is C21H28O3. The Morgan fingerprint density at radius 1 is 0.958 bits per heavy atom. The van der Waals surface area contributed by atoms with E-state index >= 15 is 0 Å². The fourth-order valence-corrected chi connectivity index (χ4v) is 6.44. The molecule has 0 saturated heterocycles. The smallest absolute Gasteiger partial charge is 0.161 e. The van der Waals surface area contributed by atoms with Crippen LogP contribution in [0, 0.1) is 23.2 Å². The highest BCUT2D eigenvalue weighted by Gasteiger charge is 2.53. The van der Waals surface area contributed by atoms with Crippen LogP contribution in [0.5, 0.6) is 11.5 Å². The molecule has 1 aliphatic heterocycles. The van der Waals surface area contributed by atoms with Crippen molar-refractivity contribution in [2.75, 3.05) is 13.2 Å². The molecule has 0 amide bonds. The Labute approximate surface area is 144 Å². The largest absolute Gasteiger partial charge is 0.486 e. The highest BCUT2D eigenvalue weighted by Crippen LogP contribution is 2.61. The summed E-state index contributed by atoms with van der Waals surface area (Å²) in [6.45, 7) is 1.27. The van der Waals surface area contributed by atoms with Gasteiger partial charge in [0.05, 0.1) is 6.10 Å². The lowest BCUT2D eigenvalue weighted by atomic mass is 9.48. The highest BCUT2D eigenvalue weighted by atomic mass is 16.6. The van der Waals surface area contributed by atoms with Crippen molar-refractivity contribution in [2.45, 2.75) is 57.5 Å². The van der Waals surface area contributed by atoms with Gasteiger partial charge >= 0.3 is 0 Å². The third-order valence-corrected chi connectivity index (χ3v) is 7.11. The Hall–Kier alpha value is -1.22. The second-order valence-corrected chi connectivity index (χ2v) is 8.81. The molecule has 5 aliphatic rings. The van der Waals surface area contributed by atoms with Crippen LogP contribution in [0.15, 0.2) is 18.2 Å². The molecule has 4 bridgehead atoms. The van der Waals surface area contributed by atoms with Crippen molar-refractivity contribution in [2.24, 2.45) is 23.2 Å². The molecule has 0 unspecified atom stereocenters. The van der Waals surface area contributed by atoms with Crippen LogP contribution in [-0.4, -0.2) is 24.4 Å². The summed E-state index contributed by atoms with van der Waals surface area (Å²) >= 11 is 0. The van der Waals surface area contributed by atoms with Crippen molar-refractivity contribution in [1.29, 1.82) is 0 Å². The Morgan fingerprint density at radius 3 is 2.25 bits per heavy atom. The van der Waals surface area contributed by atoms with Gasteiger partial charge in [-0.25, -0.2) is 0 Å². The van der Waals surface area contributed by atoms with Gasteiger partial charge in [0, 0.05) is 0 Å². The van der Waals surface area contributed by atoms with E-state index in [1.807, 2.05) is 6.07 Å². The van der Waals surface area contributed by atoms with Crippen LogP contribution in [0.3, 0.4) is 0 Å². The lowest BCUT2D eigenvalue weighted by Crippen LogP contribution is -2.51. The van der Waals surface area contributed by atoms with E-state index in [-0.39, 0.29) is 11.5 Å². The summed E-state index contributed by atoms with van der Waals surface area (Å²) in [5.74, 6) is 4.43. The molecule has 6 rings (SSSR count). The van der Waals surface area contributed by atoms with Gasteiger partial charge in [-0.15, -0.1) is 0 Å². The van der Waals surface area contributed by atoms with Crippen molar-refractivity contribution in [3.05, 3.63) is 23.8 Å². The summed E-state index contributed by atoms with van der Waals surface area (Å²) in [5.41, 5.74) is 1.49. The zero-order valence-electron chi connectivity index (χ0n) is 14.4. The van der Waals surface area contributed by atoms with Gasteiger partial charge in [0.25, 0.3) is 0 Å². The molecule has 4 fully saturated rings. The molecule has 1 aromatic carbocycles. The van der Waals surface area contributed by atoms with E-state index in [1.54, 1.807) is 0 Å². The SMILES string of the molecule is O[C@H](CCc1ccc2c(c1)OCCO2)C12CC3CC(CC(C3)C1)C2. The summed E-state index contributed by atoms with van der Waals surface area (Å²) < 4.78 is 11.3. The summed E-state index contributed by atoms with van der Waals surface area (Å²) in [6, 6.07) is 6.24. The predicted octanol–water partition coefficient (Wildman–Crippen LogP) is 3.97. The maximum Gasteiger partial charge on any atom is 0.161 e. The molecule has 0 radical (unpaired) electrons. The molecule has 1 atom stereocenters. The van der Waals surface area contributed by atoms with Crippen molar-refractivity contribution in [3.63, 3.8) is 0 Å². The number of rotatable bonds is 4. The fourth-order valence-electron chi connectivity index (χ4n) is 6.44. The number of benzene rings is 1. The van der Waals surface area contributed by atoms with E-state index in [2.05, 4.69) is 12.1 Å². The molecule has 4 aliphatic carbocycles. The number of aryl methyl sites for hydroxylation is 1. The average molecular weight is 328 g/mol. The molecule has 24 heavy (non-hydrogen) atoms. The van der Waals surface area contributed by atoms with Gasteiger partial charge < -0.3 is 14.6 Å². The fraction of sp³-hybridized carbons (Fsp3) is 0.714. The van der Waals surface area contributed by atoms with Gasteiger partial charge in [0.1, 0.15) is 13.2 Å². The van der Waals surface area contributed by atoms with E-state index in [1.165, 1.54) is 44.1 Å². The first-order chi connectivity index (χ1) is 11.7. The quantitative estimate of drug-likeness (QED) is 0.909. The summed E-state index contributed by atoms with van der Waals surface area (Å²) in [5, 5.41) is 11.1. The van der Waals surface area contributed by atoms with E-state index < -0.39 is 0 Å². The second-order valence-electron chi connectivity index (χ2n) is 8.81.